The van der Waals surface area contributed by atoms with Crippen molar-refractivity contribution in [1.82, 2.24) is 15.2 Å². The predicted octanol–water partition coefficient (Wildman–Crippen LogP) is 2.01. The highest BCUT2D eigenvalue weighted by Crippen LogP contribution is 2.40. The van der Waals surface area contributed by atoms with Gasteiger partial charge in [0.15, 0.2) is 0 Å². The van der Waals surface area contributed by atoms with Crippen LogP contribution in [0.3, 0.4) is 0 Å². The van der Waals surface area contributed by atoms with Crippen molar-refractivity contribution in [2.24, 2.45) is 0 Å². The third-order valence-electron chi connectivity index (χ3n) is 3.96. The Hall–Kier alpha value is -2.17. The lowest BCUT2D eigenvalue weighted by atomic mass is 9.75. The van der Waals surface area contributed by atoms with Crippen LogP contribution in [-0.2, 0) is 21.4 Å². The number of nitrogens with zero attached hydrogens (tertiary/aromatic N) is 2. The summed E-state index contributed by atoms with van der Waals surface area (Å²) in [4.78, 5) is 16.7. The van der Waals surface area contributed by atoms with Gasteiger partial charge in [0.25, 0.3) is 0 Å². The molecule has 1 N–H and O–H groups in total. The van der Waals surface area contributed by atoms with Gasteiger partial charge in [0.05, 0.1) is 0 Å². The van der Waals surface area contributed by atoms with E-state index in [9.17, 15) is 4.79 Å². The van der Waals surface area contributed by atoms with Gasteiger partial charge in [-0.3, -0.25) is 9.89 Å². The minimum atomic E-state index is -0.651. The second kappa shape index (κ2) is 5.07. The molecule has 104 valence electrons. The van der Waals surface area contributed by atoms with Crippen molar-refractivity contribution in [3.05, 3.63) is 48.0 Å². The minimum Gasteiger partial charge on any atom is -0.462 e. The third-order valence-corrected chi connectivity index (χ3v) is 3.96. The summed E-state index contributed by atoms with van der Waals surface area (Å²) in [5.41, 5.74) is 0.332. The van der Waals surface area contributed by atoms with Crippen LogP contribution in [0.5, 0.6) is 0 Å². The van der Waals surface area contributed by atoms with Crippen LogP contribution in [0.2, 0.25) is 0 Å². The third kappa shape index (κ3) is 2.09. The highest BCUT2D eigenvalue weighted by Gasteiger charge is 2.50. The number of ether oxygens (including phenoxy) is 1. The summed E-state index contributed by atoms with van der Waals surface area (Å²) in [6, 6.07) is 9.81. The first-order valence-corrected chi connectivity index (χ1v) is 6.85. The Bertz CT molecular complexity index is 582. The first-order chi connectivity index (χ1) is 9.74. The zero-order valence-corrected chi connectivity index (χ0v) is 11.4. The first-order valence-electron chi connectivity index (χ1n) is 6.85. The van der Waals surface area contributed by atoms with E-state index in [4.69, 9.17) is 4.74 Å². The highest BCUT2D eigenvalue weighted by molar-refractivity contribution is 5.85. The van der Waals surface area contributed by atoms with Crippen LogP contribution >= 0.6 is 0 Å². The van der Waals surface area contributed by atoms with Gasteiger partial charge in [-0.1, -0.05) is 37.3 Å². The summed E-state index contributed by atoms with van der Waals surface area (Å²) in [7, 11) is 0. The standard InChI is InChI=1S/C15H17N3O2/c1-2-12-8-15(14(19)20-12,9-13-16-10-17-18-13)11-6-4-3-5-7-11/h3-7,10,12H,2,8-9H2,1H3,(H,16,17,18). The lowest BCUT2D eigenvalue weighted by Gasteiger charge is -2.24. The average Bonchev–Trinajstić information content (AvgIpc) is 3.09. The topological polar surface area (TPSA) is 67.9 Å². The second-order valence-electron chi connectivity index (χ2n) is 5.20. The fourth-order valence-corrected chi connectivity index (χ4v) is 2.85. The Kier molecular flexibility index (Phi) is 3.26. The van der Waals surface area contributed by atoms with E-state index < -0.39 is 5.41 Å². The minimum absolute atomic E-state index is 0.0226. The van der Waals surface area contributed by atoms with Crippen LogP contribution in [0, 0.1) is 0 Å². The Morgan fingerprint density at radius 3 is 2.80 bits per heavy atom. The fourth-order valence-electron chi connectivity index (χ4n) is 2.85. The summed E-state index contributed by atoms with van der Waals surface area (Å²) >= 11 is 0. The number of hydrogen-bond acceptors (Lipinski definition) is 4. The van der Waals surface area contributed by atoms with Crippen molar-refractivity contribution in [1.29, 1.82) is 0 Å². The molecule has 2 atom stereocenters. The van der Waals surface area contributed by atoms with E-state index in [1.165, 1.54) is 6.33 Å². The van der Waals surface area contributed by atoms with Gasteiger partial charge in [0, 0.05) is 12.8 Å². The normalized spacial score (nSPS) is 25.6. The van der Waals surface area contributed by atoms with Crippen molar-refractivity contribution < 1.29 is 9.53 Å². The fraction of sp³-hybridized carbons (Fsp3) is 0.400. The monoisotopic (exact) mass is 271 g/mol. The van der Waals surface area contributed by atoms with Crippen molar-refractivity contribution in [3.63, 3.8) is 0 Å². The number of aromatic amines is 1. The van der Waals surface area contributed by atoms with Crippen molar-refractivity contribution >= 4 is 5.97 Å². The number of benzene rings is 1. The maximum absolute atomic E-state index is 12.5. The summed E-state index contributed by atoms with van der Waals surface area (Å²) in [6.07, 6.45) is 3.45. The number of hydrogen-bond donors (Lipinski definition) is 1. The van der Waals surface area contributed by atoms with E-state index in [0.717, 1.165) is 12.0 Å². The molecule has 20 heavy (non-hydrogen) atoms. The zero-order chi connectivity index (χ0) is 14.0. The molecule has 0 amide bonds. The molecular formula is C15H17N3O2. The quantitative estimate of drug-likeness (QED) is 0.864. The maximum atomic E-state index is 12.5. The van der Waals surface area contributed by atoms with Gasteiger partial charge in [-0.2, -0.15) is 5.10 Å². The Morgan fingerprint density at radius 1 is 1.40 bits per heavy atom. The molecule has 5 nitrogen and oxygen atoms in total. The number of cyclic esters (lactones) is 1. The SMILES string of the molecule is CCC1CC(Cc2ncn[nH]2)(c2ccccc2)C(=O)O1. The molecule has 2 heterocycles. The number of carbonyl (C=O) groups is 1. The molecule has 0 spiro atoms. The molecule has 0 saturated carbocycles. The summed E-state index contributed by atoms with van der Waals surface area (Å²) < 4.78 is 5.53. The van der Waals surface area contributed by atoms with Crippen LogP contribution < -0.4 is 0 Å². The van der Waals surface area contributed by atoms with Gasteiger partial charge >= 0.3 is 5.97 Å². The number of carbonyl (C=O) groups excluding carboxylic acids is 1. The number of nitrogens with one attached hydrogen (secondary N) is 1. The van der Waals surface area contributed by atoms with Crippen LogP contribution in [0.1, 0.15) is 31.2 Å². The van der Waals surface area contributed by atoms with E-state index in [-0.39, 0.29) is 12.1 Å². The molecule has 0 aliphatic carbocycles. The van der Waals surface area contributed by atoms with Crippen LogP contribution in [0.15, 0.2) is 36.7 Å². The molecule has 0 radical (unpaired) electrons. The molecule has 1 aliphatic rings. The molecule has 2 aromatic rings. The maximum Gasteiger partial charge on any atom is 0.317 e. The van der Waals surface area contributed by atoms with Gasteiger partial charge in [-0.05, 0) is 12.0 Å². The lowest BCUT2D eigenvalue weighted by molar-refractivity contribution is -0.145. The molecular weight excluding hydrogens is 254 g/mol. The van der Waals surface area contributed by atoms with Crippen LogP contribution in [-0.4, -0.2) is 27.3 Å². The molecule has 1 aromatic heterocycles. The molecule has 3 rings (SSSR count). The number of esters is 1. The first kappa shape index (κ1) is 12.8. The molecule has 1 aromatic carbocycles. The Labute approximate surface area is 117 Å². The molecule has 2 unspecified atom stereocenters. The van der Waals surface area contributed by atoms with E-state index in [2.05, 4.69) is 15.2 Å². The van der Waals surface area contributed by atoms with Gasteiger partial charge in [-0.25, -0.2) is 4.98 Å². The zero-order valence-electron chi connectivity index (χ0n) is 11.4. The number of aromatic nitrogens is 3. The highest BCUT2D eigenvalue weighted by atomic mass is 16.6. The lowest BCUT2D eigenvalue weighted by Crippen LogP contribution is -2.34. The molecule has 1 fully saturated rings. The smallest absolute Gasteiger partial charge is 0.317 e. The van der Waals surface area contributed by atoms with Gasteiger partial charge in [0.2, 0.25) is 0 Å². The van der Waals surface area contributed by atoms with Gasteiger partial charge in [-0.15, -0.1) is 0 Å². The van der Waals surface area contributed by atoms with Crippen molar-refractivity contribution in [2.75, 3.05) is 0 Å². The second-order valence-corrected chi connectivity index (χ2v) is 5.20. The van der Waals surface area contributed by atoms with E-state index in [1.54, 1.807) is 0 Å². The number of rotatable bonds is 4. The summed E-state index contributed by atoms with van der Waals surface area (Å²) in [6.45, 7) is 2.04. The van der Waals surface area contributed by atoms with E-state index in [0.29, 0.717) is 18.7 Å². The predicted molar refractivity (Wildman–Crippen MR) is 73.0 cm³/mol. The Morgan fingerprint density at radius 2 is 2.20 bits per heavy atom. The molecule has 1 saturated heterocycles. The average molecular weight is 271 g/mol. The van der Waals surface area contributed by atoms with Crippen molar-refractivity contribution in [3.8, 4) is 0 Å². The number of H-pyrrole nitrogens is 1. The van der Waals surface area contributed by atoms with Crippen LogP contribution in [0.4, 0.5) is 0 Å². The molecule has 1 aliphatic heterocycles. The van der Waals surface area contributed by atoms with Crippen molar-refractivity contribution in [2.45, 2.75) is 37.7 Å². The van der Waals surface area contributed by atoms with E-state index in [1.807, 2.05) is 37.3 Å². The molecule has 0 bridgehead atoms. The summed E-state index contributed by atoms with van der Waals surface area (Å²) in [5.74, 6) is 0.550. The van der Waals surface area contributed by atoms with Gasteiger partial charge in [0.1, 0.15) is 23.7 Å². The summed E-state index contributed by atoms with van der Waals surface area (Å²) in [5, 5.41) is 6.71. The largest absolute Gasteiger partial charge is 0.462 e. The molecule has 5 heteroatoms. The van der Waals surface area contributed by atoms with Gasteiger partial charge < -0.3 is 4.74 Å². The van der Waals surface area contributed by atoms with Crippen LogP contribution in [0.25, 0.3) is 0 Å². The Balaban J connectivity index is 2.01. The van der Waals surface area contributed by atoms with E-state index >= 15 is 0 Å².